The van der Waals surface area contributed by atoms with Crippen molar-refractivity contribution >= 4 is 34.9 Å². The maximum absolute atomic E-state index is 7.01. The van der Waals surface area contributed by atoms with Gasteiger partial charge in [-0.3, -0.25) is 0 Å². The van der Waals surface area contributed by atoms with Gasteiger partial charge in [0.15, 0.2) is 0 Å². The van der Waals surface area contributed by atoms with Gasteiger partial charge in [-0.05, 0) is 23.3 Å². The number of nitrogens with one attached hydrogen (secondary N) is 1. The van der Waals surface area contributed by atoms with Gasteiger partial charge in [-0.15, -0.1) is 0 Å². The topological polar surface area (TPSA) is 36.8 Å². The first-order valence-electron chi connectivity index (χ1n) is 10.2. The molecule has 5 heteroatoms. The van der Waals surface area contributed by atoms with Crippen LogP contribution in [0.15, 0.2) is 119 Å². The van der Waals surface area contributed by atoms with Crippen LogP contribution in [0.4, 0.5) is 0 Å². The maximum atomic E-state index is 7.01. The van der Waals surface area contributed by atoms with E-state index in [1.807, 2.05) is 72.8 Å². The van der Waals surface area contributed by atoms with Crippen LogP contribution in [0.2, 0.25) is 5.02 Å². The molecule has 1 N–H and O–H groups in total. The summed E-state index contributed by atoms with van der Waals surface area (Å²) in [4.78, 5) is 9.57. The summed E-state index contributed by atoms with van der Waals surface area (Å²) in [6.45, 7) is 0. The fourth-order valence-corrected chi connectivity index (χ4v) is 4.02. The van der Waals surface area contributed by atoms with E-state index in [1.54, 1.807) is 12.1 Å². The Kier molecular flexibility index (Phi) is 5.52. The molecule has 32 heavy (non-hydrogen) atoms. The van der Waals surface area contributed by atoms with Crippen molar-refractivity contribution in [2.24, 2.45) is 9.98 Å². The molecule has 0 saturated heterocycles. The van der Waals surface area contributed by atoms with Crippen molar-refractivity contribution in [1.82, 2.24) is 5.32 Å². The van der Waals surface area contributed by atoms with Crippen LogP contribution in [0.5, 0.6) is 0 Å². The molecular weight excluding hydrogens is 437 g/mol. The highest BCUT2D eigenvalue weighted by Gasteiger charge is 2.34. The molecule has 1 aliphatic rings. The monoisotopic (exact) mass is 455 g/mol. The quantitative estimate of drug-likeness (QED) is 0.265. The number of aliphatic imine (C=N–C) groups is 2. The number of alkyl halides is 1. The van der Waals surface area contributed by atoms with Crippen LogP contribution in [-0.4, -0.2) is 11.7 Å². The van der Waals surface area contributed by atoms with Crippen LogP contribution in [0.3, 0.4) is 0 Å². The summed E-state index contributed by atoms with van der Waals surface area (Å²) in [5.41, 5.74) is 4.90. The van der Waals surface area contributed by atoms with Crippen LogP contribution in [0.1, 0.15) is 16.7 Å². The van der Waals surface area contributed by atoms with Crippen LogP contribution in [-0.2, 0) is 5.12 Å². The second-order valence-corrected chi connectivity index (χ2v) is 8.41. The molecule has 0 aliphatic carbocycles. The lowest BCUT2D eigenvalue weighted by Crippen LogP contribution is -2.39. The number of amidine groups is 2. The molecule has 4 aromatic rings. The average Bonchev–Trinajstić information content (AvgIpc) is 2.85. The fraction of sp³-hybridized carbons (Fsp3) is 0.0370. The number of nitrogens with zero attached hydrogens (tertiary/aromatic N) is 2. The minimum Gasteiger partial charge on any atom is -0.324 e. The van der Waals surface area contributed by atoms with Crippen molar-refractivity contribution in [3.63, 3.8) is 0 Å². The van der Waals surface area contributed by atoms with Crippen molar-refractivity contribution in [2.75, 3.05) is 0 Å². The Balaban J connectivity index is 1.57. The third kappa shape index (κ3) is 4.18. The smallest absolute Gasteiger partial charge is 0.256 e. The third-order valence-corrected chi connectivity index (χ3v) is 5.92. The Labute approximate surface area is 197 Å². The highest BCUT2D eigenvalue weighted by atomic mass is 35.5. The number of halogens is 2. The molecule has 0 bridgehead atoms. The van der Waals surface area contributed by atoms with Gasteiger partial charge in [0.2, 0.25) is 0 Å². The summed E-state index contributed by atoms with van der Waals surface area (Å²) < 4.78 is 0. The van der Waals surface area contributed by atoms with Gasteiger partial charge in [0.25, 0.3) is 5.12 Å². The zero-order chi connectivity index (χ0) is 22.0. The van der Waals surface area contributed by atoms with Gasteiger partial charge >= 0.3 is 0 Å². The summed E-state index contributed by atoms with van der Waals surface area (Å²) in [7, 11) is 0. The summed E-state index contributed by atoms with van der Waals surface area (Å²) in [5.74, 6) is 1.32. The van der Waals surface area contributed by atoms with Gasteiger partial charge in [-0.2, -0.15) is 0 Å². The Morgan fingerprint density at radius 1 is 0.531 bits per heavy atom. The molecule has 1 atom stereocenters. The fourth-order valence-electron chi connectivity index (χ4n) is 3.60. The van der Waals surface area contributed by atoms with E-state index in [0.29, 0.717) is 16.7 Å². The van der Waals surface area contributed by atoms with Gasteiger partial charge in [0, 0.05) is 21.7 Å². The lowest BCUT2D eigenvalue weighted by atomic mass is 10.0. The summed E-state index contributed by atoms with van der Waals surface area (Å²) in [6, 6.07) is 35.7. The van der Waals surface area contributed by atoms with Gasteiger partial charge in [-0.25, -0.2) is 9.98 Å². The van der Waals surface area contributed by atoms with E-state index in [1.165, 1.54) is 0 Å². The molecule has 1 heterocycles. The minimum atomic E-state index is -1.30. The molecule has 156 valence electrons. The van der Waals surface area contributed by atoms with E-state index in [9.17, 15) is 0 Å². The molecule has 0 radical (unpaired) electrons. The lowest BCUT2D eigenvalue weighted by Gasteiger charge is -2.28. The third-order valence-electron chi connectivity index (χ3n) is 5.28. The second-order valence-electron chi connectivity index (χ2n) is 7.45. The molecule has 3 nitrogen and oxygen atoms in total. The van der Waals surface area contributed by atoms with Gasteiger partial charge in [-0.1, -0.05) is 120 Å². The van der Waals surface area contributed by atoms with E-state index in [2.05, 4.69) is 29.6 Å². The lowest BCUT2D eigenvalue weighted by molar-refractivity contribution is 0.669. The summed E-state index contributed by atoms with van der Waals surface area (Å²) in [5, 5.41) is 2.71. The number of benzene rings is 4. The predicted molar refractivity (Wildman–Crippen MR) is 134 cm³/mol. The molecule has 1 aliphatic heterocycles. The van der Waals surface area contributed by atoms with E-state index in [0.717, 1.165) is 27.8 Å². The van der Waals surface area contributed by atoms with Gasteiger partial charge < -0.3 is 5.32 Å². The van der Waals surface area contributed by atoms with Crippen molar-refractivity contribution < 1.29 is 0 Å². The number of rotatable bonds is 4. The molecule has 0 fully saturated rings. The number of hydrogen-bond donors (Lipinski definition) is 1. The van der Waals surface area contributed by atoms with Crippen LogP contribution in [0, 0.1) is 0 Å². The Hall–Kier alpha value is -3.40. The first-order valence-corrected chi connectivity index (χ1v) is 11.0. The van der Waals surface area contributed by atoms with Crippen molar-refractivity contribution in [3.05, 3.63) is 131 Å². The standard InChI is InChI=1S/C27H19Cl2N3/c28-24-17-15-23(16-18-24)27(29)31-25(21-9-5-2-6-10-21)30-26(32-27)22-13-11-20(12-14-22)19-7-3-1-4-8-19/h1-18H,(H,30,31,32). The van der Waals surface area contributed by atoms with Crippen LogP contribution in [0.25, 0.3) is 11.1 Å². The normalized spacial score (nSPS) is 17.8. The Morgan fingerprint density at radius 2 is 0.969 bits per heavy atom. The molecule has 1 unspecified atom stereocenters. The van der Waals surface area contributed by atoms with E-state index < -0.39 is 5.12 Å². The van der Waals surface area contributed by atoms with E-state index >= 15 is 0 Å². The van der Waals surface area contributed by atoms with Crippen molar-refractivity contribution in [3.8, 4) is 11.1 Å². The SMILES string of the molecule is Clc1ccc(C2(Cl)N=C(c3ccccc3)NC(c3ccc(-c4ccccc4)cc3)=N2)cc1. The highest BCUT2D eigenvalue weighted by molar-refractivity contribution is 6.31. The highest BCUT2D eigenvalue weighted by Crippen LogP contribution is 2.36. The summed E-state index contributed by atoms with van der Waals surface area (Å²) in [6.07, 6.45) is 0. The van der Waals surface area contributed by atoms with E-state index in [-0.39, 0.29) is 0 Å². The zero-order valence-corrected chi connectivity index (χ0v) is 18.6. The maximum Gasteiger partial charge on any atom is 0.256 e. The van der Waals surface area contributed by atoms with Crippen LogP contribution < -0.4 is 5.32 Å². The molecule has 5 rings (SSSR count). The molecule has 0 saturated carbocycles. The number of hydrogen-bond acceptors (Lipinski definition) is 3. The molecular formula is C27H19Cl2N3. The molecule has 0 aromatic heterocycles. The largest absolute Gasteiger partial charge is 0.324 e. The minimum absolute atomic E-state index is 0.635. The van der Waals surface area contributed by atoms with Crippen molar-refractivity contribution in [1.29, 1.82) is 0 Å². The molecule has 0 amide bonds. The van der Waals surface area contributed by atoms with Crippen molar-refractivity contribution in [2.45, 2.75) is 5.12 Å². The van der Waals surface area contributed by atoms with E-state index in [4.69, 9.17) is 33.2 Å². The molecule has 0 spiro atoms. The Morgan fingerprint density at radius 3 is 1.53 bits per heavy atom. The van der Waals surface area contributed by atoms with Crippen LogP contribution >= 0.6 is 23.2 Å². The Bertz CT molecular complexity index is 1280. The average molecular weight is 456 g/mol. The zero-order valence-electron chi connectivity index (χ0n) is 17.0. The van der Waals surface area contributed by atoms with Gasteiger partial charge in [0.1, 0.15) is 11.7 Å². The second kappa shape index (κ2) is 8.62. The summed E-state index contributed by atoms with van der Waals surface area (Å²) >= 11 is 13.1. The van der Waals surface area contributed by atoms with Gasteiger partial charge in [0.05, 0.1) is 0 Å². The molecule has 4 aromatic carbocycles. The first kappa shape index (κ1) is 20.5. The predicted octanol–water partition coefficient (Wildman–Crippen LogP) is 6.85. The first-order chi connectivity index (χ1) is 15.6.